The van der Waals surface area contributed by atoms with Gasteiger partial charge in [-0.2, -0.15) is 0 Å². The summed E-state index contributed by atoms with van der Waals surface area (Å²) in [5.41, 5.74) is 0.154. The maximum atomic E-state index is 11.2. The van der Waals surface area contributed by atoms with Gasteiger partial charge < -0.3 is 19.1 Å². The van der Waals surface area contributed by atoms with Crippen LogP contribution in [0.1, 0.15) is 52.4 Å². The molecule has 1 rings (SSSR count). The summed E-state index contributed by atoms with van der Waals surface area (Å²) in [4.78, 5) is 23.3. The van der Waals surface area contributed by atoms with Crippen molar-refractivity contribution < 1.29 is 23.8 Å². The zero-order valence-corrected chi connectivity index (χ0v) is 18.5. The van der Waals surface area contributed by atoms with Crippen LogP contribution in [0.15, 0.2) is 12.3 Å². The lowest BCUT2D eigenvalue weighted by Gasteiger charge is -2.34. The van der Waals surface area contributed by atoms with Crippen LogP contribution in [0.4, 0.5) is 0 Å². The summed E-state index contributed by atoms with van der Waals surface area (Å²) in [6.07, 6.45) is 10.1. The van der Waals surface area contributed by atoms with Crippen molar-refractivity contribution in [2.75, 3.05) is 27.3 Å². The molecule has 0 radical (unpaired) electrons. The minimum atomic E-state index is -0.511. The molecule has 0 bridgehead atoms. The largest absolute Gasteiger partial charge is 0.380 e. The Morgan fingerprint density at radius 2 is 2.00 bits per heavy atom. The number of amides is 2. The van der Waals surface area contributed by atoms with Gasteiger partial charge in [0, 0.05) is 33.0 Å². The van der Waals surface area contributed by atoms with Gasteiger partial charge in [0.05, 0.1) is 18.8 Å². The number of ether oxygens (including phenoxy) is 3. The molecule has 1 fully saturated rings. The second kappa shape index (κ2) is 13.0. The van der Waals surface area contributed by atoms with Gasteiger partial charge >= 0.3 is 0 Å². The van der Waals surface area contributed by atoms with E-state index in [9.17, 15) is 9.59 Å². The van der Waals surface area contributed by atoms with Crippen molar-refractivity contribution in [3.63, 3.8) is 0 Å². The van der Waals surface area contributed by atoms with Gasteiger partial charge in [0.1, 0.15) is 11.1 Å². The highest BCUT2D eigenvalue weighted by atomic mass is 31.0. The average Bonchev–Trinajstić information content (AvgIpc) is 2.67. The van der Waals surface area contributed by atoms with Gasteiger partial charge in [0.25, 0.3) is 5.91 Å². The Kier molecular flexibility index (Phi) is 11.5. The highest BCUT2D eigenvalue weighted by Gasteiger charge is 2.29. The zero-order valence-electron chi connectivity index (χ0n) is 17.5. The van der Waals surface area contributed by atoms with Gasteiger partial charge in [0.15, 0.2) is 0 Å². The SMILES string of the molecule is COC(CCN(C)/C=C\C(=O)NC=O)COC(=P)C(C)(C)OC1CCCCC1. The Bertz CT molecular complexity index is 533. The number of nitrogens with one attached hydrogen (secondary N) is 1. The molecule has 1 aliphatic carbocycles. The van der Waals surface area contributed by atoms with Gasteiger partial charge in [-0.05, 0) is 33.1 Å². The van der Waals surface area contributed by atoms with Crippen molar-refractivity contribution in [1.29, 1.82) is 0 Å². The third-order valence-corrected chi connectivity index (χ3v) is 5.54. The van der Waals surface area contributed by atoms with Gasteiger partial charge in [-0.15, -0.1) is 0 Å². The van der Waals surface area contributed by atoms with Crippen LogP contribution in [-0.4, -0.2) is 67.8 Å². The van der Waals surface area contributed by atoms with Gasteiger partial charge in [-0.25, -0.2) is 0 Å². The van der Waals surface area contributed by atoms with E-state index in [-0.39, 0.29) is 12.2 Å². The number of rotatable bonds is 13. The van der Waals surface area contributed by atoms with E-state index in [0.717, 1.165) is 19.3 Å². The van der Waals surface area contributed by atoms with E-state index < -0.39 is 11.5 Å². The summed E-state index contributed by atoms with van der Waals surface area (Å²) in [5.74, 6) is -0.452. The van der Waals surface area contributed by atoms with E-state index in [1.54, 1.807) is 13.3 Å². The minimum absolute atomic E-state index is 0.100. The minimum Gasteiger partial charge on any atom is -0.380 e. The van der Waals surface area contributed by atoms with E-state index in [0.29, 0.717) is 25.0 Å². The Labute approximate surface area is 171 Å². The molecule has 0 saturated heterocycles. The number of hydrogen-bond donors (Lipinski definition) is 1. The molecule has 1 unspecified atom stereocenters. The summed E-state index contributed by atoms with van der Waals surface area (Å²) in [6, 6.07) is 0. The number of hydrogen-bond acceptors (Lipinski definition) is 6. The van der Waals surface area contributed by atoms with Crippen LogP contribution in [0.2, 0.25) is 0 Å². The second-order valence-corrected chi connectivity index (χ2v) is 8.05. The van der Waals surface area contributed by atoms with Crippen LogP contribution in [0.3, 0.4) is 0 Å². The topological polar surface area (TPSA) is 77.1 Å². The molecule has 1 atom stereocenters. The molecule has 0 heterocycles. The first-order chi connectivity index (χ1) is 13.3. The van der Waals surface area contributed by atoms with Crippen LogP contribution in [0.5, 0.6) is 0 Å². The first-order valence-electron chi connectivity index (χ1n) is 9.83. The fourth-order valence-electron chi connectivity index (χ4n) is 3.00. The zero-order chi connectivity index (χ0) is 21.0. The predicted molar refractivity (Wildman–Crippen MR) is 113 cm³/mol. The average molecular weight is 414 g/mol. The second-order valence-electron chi connectivity index (χ2n) is 7.60. The van der Waals surface area contributed by atoms with Gasteiger partial charge in [0.2, 0.25) is 6.41 Å². The molecule has 160 valence electrons. The molecule has 7 nitrogen and oxygen atoms in total. The molecule has 0 aromatic carbocycles. The highest BCUT2D eigenvalue weighted by Crippen LogP contribution is 2.26. The van der Waals surface area contributed by atoms with Crippen LogP contribution in [0.25, 0.3) is 0 Å². The number of methoxy groups -OCH3 is 1. The molecule has 1 saturated carbocycles. The van der Waals surface area contributed by atoms with Crippen LogP contribution >= 0.6 is 8.86 Å². The van der Waals surface area contributed by atoms with Crippen LogP contribution in [-0.2, 0) is 23.8 Å². The first kappa shape index (κ1) is 24.8. The lowest BCUT2D eigenvalue weighted by molar-refractivity contribution is -0.121. The van der Waals surface area contributed by atoms with E-state index in [1.807, 2.05) is 25.8 Å². The Hall–Kier alpha value is -1.27. The molecule has 0 aromatic rings. The molecule has 0 aliphatic heterocycles. The fourth-order valence-corrected chi connectivity index (χ4v) is 3.14. The molecular weight excluding hydrogens is 379 g/mol. The molecule has 8 heteroatoms. The normalized spacial score (nSPS) is 16.7. The maximum absolute atomic E-state index is 11.2. The monoisotopic (exact) mass is 414 g/mol. The standard InChI is InChI=1S/C20H35N2O5P/c1-20(2,27-16-8-6-5-7-9-16)19(28)26-14-17(25-4)10-12-22(3)13-11-18(24)21-15-23/h11,13,15-17,28H,5-10,12,14H2,1-4H3,(H,21,23,24)/b13-11-. The first-order valence-corrected chi connectivity index (χ1v) is 10.3. The molecule has 1 aliphatic rings. The molecular formula is C20H35N2O5P. The molecule has 1 N–H and O–H groups in total. The Morgan fingerprint density at radius 1 is 1.32 bits per heavy atom. The van der Waals surface area contributed by atoms with E-state index in [1.165, 1.54) is 25.3 Å². The van der Waals surface area contributed by atoms with Crippen LogP contribution < -0.4 is 5.32 Å². The number of imide groups is 1. The smallest absolute Gasteiger partial charge is 0.251 e. The summed E-state index contributed by atoms with van der Waals surface area (Å²) < 4.78 is 17.7. The van der Waals surface area contributed by atoms with Crippen molar-refractivity contribution >= 4 is 26.7 Å². The fraction of sp³-hybridized carbons (Fsp3) is 0.750. The molecule has 2 amide bonds. The summed E-state index contributed by atoms with van der Waals surface area (Å²) in [6.45, 7) is 5.09. The Morgan fingerprint density at radius 3 is 2.61 bits per heavy atom. The summed E-state index contributed by atoms with van der Waals surface area (Å²) >= 11 is 0. The van der Waals surface area contributed by atoms with Gasteiger partial charge in [-0.3, -0.25) is 14.9 Å². The van der Waals surface area contributed by atoms with Crippen molar-refractivity contribution in [3.05, 3.63) is 12.3 Å². The summed E-state index contributed by atoms with van der Waals surface area (Å²) in [7, 11) is 7.10. The van der Waals surface area contributed by atoms with Gasteiger partial charge in [-0.1, -0.05) is 28.1 Å². The van der Waals surface area contributed by atoms with Crippen LogP contribution in [0, 0.1) is 0 Å². The number of carbonyl (C=O) groups excluding carboxylic acids is 2. The molecule has 28 heavy (non-hydrogen) atoms. The van der Waals surface area contributed by atoms with Crippen molar-refractivity contribution in [2.24, 2.45) is 0 Å². The van der Waals surface area contributed by atoms with E-state index in [2.05, 4.69) is 14.2 Å². The third kappa shape index (κ3) is 9.78. The molecule has 0 aromatic heterocycles. The van der Waals surface area contributed by atoms with Crippen molar-refractivity contribution in [3.8, 4) is 0 Å². The lowest BCUT2D eigenvalue weighted by atomic mass is 9.97. The Balaban J connectivity index is 2.37. The number of nitrogens with zero attached hydrogens (tertiary/aromatic N) is 1. The highest BCUT2D eigenvalue weighted by molar-refractivity contribution is 7.20. The predicted octanol–water partition coefficient (Wildman–Crippen LogP) is 2.53. The lowest BCUT2D eigenvalue weighted by Crippen LogP contribution is -2.40. The van der Waals surface area contributed by atoms with E-state index >= 15 is 0 Å². The van der Waals surface area contributed by atoms with E-state index in [4.69, 9.17) is 14.2 Å². The maximum Gasteiger partial charge on any atom is 0.251 e. The van der Waals surface area contributed by atoms with Crippen molar-refractivity contribution in [1.82, 2.24) is 10.2 Å². The third-order valence-electron chi connectivity index (χ3n) is 4.79. The molecule has 0 spiro atoms. The number of carbonyl (C=O) groups is 2. The summed E-state index contributed by atoms with van der Waals surface area (Å²) in [5, 5.41) is 2.06. The van der Waals surface area contributed by atoms with Crippen molar-refractivity contribution in [2.45, 2.75) is 70.2 Å². The quantitative estimate of drug-likeness (QED) is 0.284.